The van der Waals surface area contributed by atoms with Crippen molar-refractivity contribution in [1.29, 1.82) is 0 Å². The van der Waals surface area contributed by atoms with E-state index in [4.69, 9.17) is 14.2 Å². The van der Waals surface area contributed by atoms with Crippen LogP contribution in [0.5, 0.6) is 17.4 Å². The second-order valence-electron chi connectivity index (χ2n) is 4.01. The van der Waals surface area contributed by atoms with Crippen LogP contribution >= 0.6 is 0 Å². The largest absolute Gasteiger partial charge is 0.489 e. The van der Waals surface area contributed by atoms with E-state index in [0.717, 1.165) is 18.1 Å². The van der Waals surface area contributed by atoms with Crippen molar-refractivity contribution >= 4 is 0 Å². The fourth-order valence-electron chi connectivity index (χ4n) is 1.48. The second-order valence-corrected chi connectivity index (χ2v) is 4.01. The fourth-order valence-corrected chi connectivity index (χ4v) is 1.48. The monoisotopic (exact) mass is 243 g/mol. The first kappa shape index (κ1) is 11.0. The smallest absolute Gasteiger partial charge is 0.219 e. The quantitative estimate of drug-likeness (QED) is 0.757. The lowest BCUT2D eigenvalue weighted by Crippen LogP contribution is -2.04. The lowest BCUT2D eigenvalue weighted by molar-refractivity contribution is 0.262. The summed E-state index contributed by atoms with van der Waals surface area (Å²) in [5, 5.41) is 0. The maximum atomic E-state index is 5.58. The summed E-state index contributed by atoms with van der Waals surface area (Å²) in [6, 6.07) is 13.2. The van der Waals surface area contributed by atoms with Gasteiger partial charge in [-0.15, -0.1) is 0 Å². The molecule has 1 aliphatic heterocycles. The van der Waals surface area contributed by atoms with E-state index in [1.54, 1.807) is 12.3 Å². The van der Waals surface area contributed by atoms with Gasteiger partial charge in [0.25, 0.3) is 0 Å². The molecular weight excluding hydrogens is 230 g/mol. The maximum absolute atomic E-state index is 5.58. The highest BCUT2D eigenvalue weighted by atomic mass is 16.6. The molecule has 2 aromatic rings. The Bertz CT molecular complexity index is 494. The standard InChI is InChI=1S/C14H13NO3/c1-2-4-11(5-3-1)18-14-7-6-12(8-15-14)16-9-13-10-17-13/h1-8,13H,9-10H2. The van der Waals surface area contributed by atoms with Gasteiger partial charge in [0.15, 0.2) is 0 Å². The molecule has 0 amide bonds. The lowest BCUT2D eigenvalue weighted by atomic mass is 10.3. The minimum Gasteiger partial charge on any atom is -0.489 e. The topological polar surface area (TPSA) is 43.9 Å². The Morgan fingerprint density at radius 1 is 1.11 bits per heavy atom. The van der Waals surface area contributed by atoms with Gasteiger partial charge in [-0.25, -0.2) is 4.98 Å². The normalized spacial score (nSPS) is 17.2. The zero-order valence-corrected chi connectivity index (χ0v) is 9.78. The Morgan fingerprint density at radius 3 is 2.61 bits per heavy atom. The summed E-state index contributed by atoms with van der Waals surface area (Å²) in [6.45, 7) is 1.38. The molecule has 18 heavy (non-hydrogen) atoms. The van der Waals surface area contributed by atoms with Gasteiger partial charge in [-0.1, -0.05) is 18.2 Å². The molecule has 4 nitrogen and oxygen atoms in total. The predicted molar refractivity (Wildman–Crippen MR) is 66.0 cm³/mol. The van der Waals surface area contributed by atoms with Crippen LogP contribution in [0.15, 0.2) is 48.7 Å². The van der Waals surface area contributed by atoms with Crippen LogP contribution in [0.3, 0.4) is 0 Å². The molecule has 0 radical (unpaired) electrons. The number of hydrogen-bond acceptors (Lipinski definition) is 4. The van der Waals surface area contributed by atoms with Crippen LogP contribution in [0.2, 0.25) is 0 Å². The minimum atomic E-state index is 0.255. The Balaban J connectivity index is 1.59. The van der Waals surface area contributed by atoms with E-state index >= 15 is 0 Å². The van der Waals surface area contributed by atoms with Crippen LogP contribution in [0.25, 0.3) is 0 Å². The molecule has 0 bridgehead atoms. The first-order valence-corrected chi connectivity index (χ1v) is 5.83. The molecule has 0 N–H and O–H groups in total. The molecule has 1 fully saturated rings. The molecule has 2 heterocycles. The van der Waals surface area contributed by atoms with E-state index < -0.39 is 0 Å². The van der Waals surface area contributed by atoms with Crippen molar-refractivity contribution in [2.75, 3.05) is 13.2 Å². The van der Waals surface area contributed by atoms with Crippen molar-refractivity contribution in [3.05, 3.63) is 48.7 Å². The third kappa shape index (κ3) is 2.99. The molecule has 92 valence electrons. The van der Waals surface area contributed by atoms with Crippen LogP contribution in [-0.2, 0) is 4.74 Å². The van der Waals surface area contributed by atoms with Gasteiger partial charge in [-0.3, -0.25) is 0 Å². The number of ether oxygens (including phenoxy) is 3. The fraction of sp³-hybridized carbons (Fsp3) is 0.214. The lowest BCUT2D eigenvalue weighted by Gasteiger charge is -2.06. The summed E-state index contributed by atoms with van der Waals surface area (Å²) in [5.74, 6) is 2.05. The van der Waals surface area contributed by atoms with E-state index in [9.17, 15) is 0 Å². The molecule has 3 rings (SSSR count). The summed E-state index contributed by atoms with van der Waals surface area (Å²) in [7, 11) is 0. The number of benzene rings is 1. The second kappa shape index (κ2) is 5.06. The first-order valence-electron chi connectivity index (χ1n) is 5.83. The molecular formula is C14H13NO3. The molecule has 1 atom stereocenters. The number of pyridine rings is 1. The molecule has 1 aliphatic rings. The molecule has 1 aromatic carbocycles. The molecule has 1 unspecified atom stereocenters. The maximum Gasteiger partial charge on any atom is 0.219 e. The summed E-state index contributed by atoms with van der Waals surface area (Å²) in [5.41, 5.74) is 0. The van der Waals surface area contributed by atoms with Crippen LogP contribution in [0.4, 0.5) is 0 Å². The van der Waals surface area contributed by atoms with E-state index in [1.165, 1.54) is 0 Å². The SMILES string of the molecule is c1ccc(Oc2ccc(OCC3CO3)cn2)cc1. The van der Waals surface area contributed by atoms with Crippen molar-refractivity contribution < 1.29 is 14.2 Å². The summed E-state index contributed by atoms with van der Waals surface area (Å²) in [6.07, 6.45) is 1.91. The average Bonchev–Trinajstić information content (AvgIpc) is 3.23. The van der Waals surface area contributed by atoms with E-state index in [2.05, 4.69) is 4.98 Å². The molecule has 0 aliphatic carbocycles. The van der Waals surface area contributed by atoms with E-state index in [-0.39, 0.29) is 6.10 Å². The van der Waals surface area contributed by atoms with Crippen LogP contribution in [0, 0.1) is 0 Å². The minimum absolute atomic E-state index is 0.255. The number of epoxide rings is 1. The van der Waals surface area contributed by atoms with Gasteiger partial charge in [0.1, 0.15) is 24.2 Å². The molecule has 4 heteroatoms. The zero-order chi connectivity index (χ0) is 12.2. The number of nitrogens with zero attached hydrogens (tertiary/aromatic N) is 1. The third-order valence-corrected chi connectivity index (χ3v) is 2.51. The molecule has 0 spiro atoms. The van der Waals surface area contributed by atoms with Crippen LogP contribution < -0.4 is 9.47 Å². The van der Waals surface area contributed by atoms with Crippen molar-refractivity contribution in [1.82, 2.24) is 4.98 Å². The van der Waals surface area contributed by atoms with Crippen molar-refractivity contribution in [3.8, 4) is 17.4 Å². The number of para-hydroxylation sites is 1. The van der Waals surface area contributed by atoms with Gasteiger partial charge in [-0.2, -0.15) is 0 Å². The zero-order valence-electron chi connectivity index (χ0n) is 9.78. The van der Waals surface area contributed by atoms with Crippen LogP contribution in [0.1, 0.15) is 0 Å². The third-order valence-electron chi connectivity index (χ3n) is 2.51. The van der Waals surface area contributed by atoms with Crippen molar-refractivity contribution in [3.63, 3.8) is 0 Å². The number of aromatic nitrogens is 1. The van der Waals surface area contributed by atoms with Gasteiger partial charge in [0.2, 0.25) is 5.88 Å². The molecule has 0 saturated carbocycles. The Kier molecular flexibility index (Phi) is 3.10. The Morgan fingerprint density at radius 2 is 1.94 bits per heavy atom. The number of hydrogen-bond donors (Lipinski definition) is 0. The highest BCUT2D eigenvalue weighted by Gasteiger charge is 2.23. The van der Waals surface area contributed by atoms with Gasteiger partial charge >= 0.3 is 0 Å². The van der Waals surface area contributed by atoms with E-state index in [1.807, 2.05) is 36.4 Å². The van der Waals surface area contributed by atoms with Crippen LogP contribution in [-0.4, -0.2) is 24.3 Å². The highest BCUT2D eigenvalue weighted by Crippen LogP contribution is 2.21. The summed E-state index contributed by atoms with van der Waals surface area (Å²) < 4.78 is 16.1. The Labute approximate surface area is 105 Å². The Hall–Kier alpha value is -2.07. The van der Waals surface area contributed by atoms with Gasteiger partial charge in [-0.05, 0) is 18.2 Å². The summed E-state index contributed by atoms with van der Waals surface area (Å²) in [4.78, 5) is 4.18. The van der Waals surface area contributed by atoms with Gasteiger partial charge < -0.3 is 14.2 Å². The predicted octanol–water partition coefficient (Wildman–Crippen LogP) is 2.65. The van der Waals surface area contributed by atoms with Gasteiger partial charge in [0.05, 0.1) is 12.8 Å². The number of rotatable bonds is 5. The highest BCUT2D eigenvalue weighted by molar-refractivity contribution is 5.29. The first-order chi connectivity index (χ1) is 8.90. The summed E-state index contributed by atoms with van der Waals surface area (Å²) >= 11 is 0. The van der Waals surface area contributed by atoms with Crippen molar-refractivity contribution in [2.45, 2.75) is 6.10 Å². The molecule has 1 aromatic heterocycles. The molecule has 1 saturated heterocycles. The average molecular weight is 243 g/mol. The van der Waals surface area contributed by atoms with Crippen molar-refractivity contribution in [2.24, 2.45) is 0 Å². The van der Waals surface area contributed by atoms with Gasteiger partial charge in [0, 0.05) is 6.07 Å². The van der Waals surface area contributed by atoms with E-state index in [0.29, 0.717) is 12.5 Å².